The van der Waals surface area contributed by atoms with Crippen LogP contribution in [-0.4, -0.2) is 62.0 Å². The standard InChI is InChI=1S/C22H29N3O5S/c1-23-15-17(31(27,28)24-10-4-5-11-24)14-20(23)22(26)25-12-6-7-19(25)18-9-8-16(29-2)13-21(18)30-3/h8-9,13-15,19H,4-7,10-12H2,1-3H3. The second-order valence-corrected chi connectivity index (χ2v) is 9.99. The van der Waals surface area contributed by atoms with Crippen molar-refractivity contribution in [2.24, 2.45) is 7.05 Å². The molecule has 2 saturated heterocycles. The van der Waals surface area contributed by atoms with Crippen LogP contribution in [0.2, 0.25) is 0 Å². The minimum absolute atomic E-state index is 0.137. The molecule has 31 heavy (non-hydrogen) atoms. The second-order valence-electron chi connectivity index (χ2n) is 8.05. The normalized spacial score (nSPS) is 19.7. The molecule has 0 aliphatic carbocycles. The quantitative estimate of drug-likeness (QED) is 0.680. The van der Waals surface area contributed by atoms with Crippen molar-refractivity contribution in [2.75, 3.05) is 33.9 Å². The lowest BCUT2D eigenvalue weighted by atomic mass is 10.0. The summed E-state index contributed by atoms with van der Waals surface area (Å²) in [7, 11) is 1.35. The molecule has 2 fully saturated rings. The molecule has 9 heteroatoms. The summed E-state index contributed by atoms with van der Waals surface area (Å²) < 4.78 is 39.8. The van der Waals surface area contributed by atoms with E-state index in [-0.39, 0.29) is 16.8 Å². The van der Waals surface area contributed by atoms with Crippen LogP contribution in [0.5, 0.6) is 11.5 Å². The lowest BCUT2D eigenvalue weighted by molar-refractivity contribution is 0.0724. The molecule has 168 valence electrons. The fourth-order valence-electron chi connectivity index (χ4n) is 4.54. The van der Waals surface area contributed by atoms with E-state index in [9.17, 15) is 13.2 Å². The monoisotopic (exact) mass is 447 g/mol. The molecule has 1 aromatic heterocycles. The van der Waals surface area contributed by atoms with E-state index >= 15 is 0 Å². The number of hydrogen-bond donors (Lipinski definition) is 0. The van der Waals surface area contributed by atoms with Crippen LogP contribution in [0.3, 0.4) is 0 Å². The van der Waals surface area contributed by atoms with E-state index in [0.717, 1.165) is 31.2 Å². The van der Waals surface area contributed by atoms with Gasteiger partial charge in [-0.3, -0.25) is 4.79 Å². The predicted octanol–water partition coefficient (Wildman–Crippen LogP) is 2.80. The molecule has 0 bridgehead atoms. The molecule has 2 aliphatic heterocycles. The molecule has 3 heterocycles. The van der Waals surface area contributed by atoms with Crippen LogP contribution in [0.4, 0.5) is 0 Å². The largest absolute Gasteiger partial charge is 0.497 e. The summed E-state index contributed by atoms with van der Waals surface area (Å²) in [6.07, 6.45) is 4.97. The fraction of sp³-hybridized carbons (Fsp3) is 0.500. The molecule has 8 nitrogen and oxygen atoms in total. The summed E-state index contributed by atoms with van der Waals surface area (Å²) in [4.78, 5) is 15.5. The molecule has 1 amide bonds. The Bertz CT molecular complexity index is 1070. The van der Waals surface area contributed by atoms with Crippen molar-refractivity contribution < 1.29 is 22.7 Å². The minimum Gasteiger partial charge on any atom is -0.497 e. The summed E-state index contributed by atoms with van der Waals surface area (Å²) >= 11 is 0. The molecular weight excluding hydrogens is 418 g/mol. The number of sulfonamides is 1. The summed E-state index contributed by atoms with van der Waals surface area (Å²) in [5.74, 6) is 1.19. The van der Waals surface area contributed by atoms with Gasteiger partial charge in [-0.2, -0.15) is 4.31 Å². The molecule has 1 atom stereocenters. The van der Waals surface area contributed by atoms with E-state index in [2.05, 4.69) is 0 Å². The van der Waals surface area contributed by atoms with Crippen LogP contribution in [0.1, 0.15) is 47.8 Å². The van der Waals surface area contributed by atoms with Crippen molar-refractivity contribution in [1.82, 2.24) is 13.8 Å². The lowest BCUT2D eigenvalue weighted by Gasteiger charge is -2.26. The first-order valence-corrected chi connectivity index (χ1v) is 12.0. The number of carbonyl (C=O) groups excluding carboxylic acids is 1. The Morgan fingerprint density at radius 1 is 1.03 bits per heavy atom. The molecule has 2 aromatic rings. The van der Waals surface area contributed by atoms with Gasteiger partial charge in [0.25, 0.3) is 5.91 Å². The van der Waals surface area contributed by atoms with Crippen molar-refractivity contribution in [3.05, 3.63) is 41.7 Å². The average Bonchev–Trinajstić information content (AvgIpc) is 3.53. The SMILES string of the molecule is COc1ccc(C2CCCN2C(=O)c2cc(S(=O)(=O)N3CCCC3)cn2C)c(OC)c1. The maximum atomic E-state index is 13.5. The fourth-order valence-corrected chi connectivity index (χ4v) is 6.13. The number of aromatic nitrogens is 1. The highest BCUT2D eigenvalue weighted by Crippen LogP contribution is 2.39. The molecule has 1 unspecified atom stereocenters. The van der Waals surface area contributed by atoms with Gasteiger partial charge in [0.1, 0.15) is 22.1 Å². The van der Waals surface area contributed by atoms with Crippen LogP contribution in [0.15, 0.2) is 35.4 Å². The van der Waals surface area contributed by atoms with Crippen LogP contribution in [-0.2, 0) is 17.1 Å². The number of likely N-dealkylation sites (tertiary alicyclic amines) is 1. The van der Waals surface area contributed by atoms with E-state index in [0.29, 0.717) is 36.8 Å². The molecule has 2 aliphatic rings. The van der Waals surface area contributed by atoms with Gasteiger partial charge in [-0.15, -0.1) is 0 Å². The summed E-state index contributed by atoms with van der Waals surface area (Å²) in [5, 5.41) is 0. The Balaban J connectivity index is 1.63. The molecule has 0 spiro atoms. The second kappa shape index (κ2) is 8.55. The van der Waals surface area contributed by atoms with Gasteiger partial charge >= 0.3 is 0 Å². The summed E-state index contributed by atoms with van der Waals surface area (Å²) in [5.41, 5.74) is 1.30. The number of ether oxygens (including phenoxy) is 2. The van der Waals surface area contributed by atoms with E-state index < -0.39 is 10.0 Å². The van der Waals surface area contributed by atoms with E-state index in [1.54, 1.807) is 32.0 Å². The van der Waals surface area contributed by atoms with Gasteiger partial charge < -0.3 is 18.9 Å². The van der Waals surface area contributed by atoms with Gasteiger partial charge in [0.2, 0.25) is 10.0 Å². The zero-order valence-corrected chi connectivity index (χ0v) is 19.0. The number of rotatable bonds is 6. The average molecular weight is 448 g/mol. The third-order valence-corrected chi connectivity index (χ3v) is 8.08. The topological polar surface area (TPSA) is 81.1 Å². The number of carbonyl (C=O) groups is 1. The first-order chi connectivity index (χ1) is 14.9. The molecular formula is C22H29N3O5S. The highest BCUT2D eigenvalue weighted by molar-refractivity contribution is 7.89. The van der Waals surface area contributed by atoms with Gasteiger partial charge in [0, 0.05) is 44.5 Å². The zero-order valence-electron chi connectivity index (χ0n) is 18.2. The smallest absolute Gasteiger partial charge is 0.271 e. The van der Waals surface area contributed by atoms with Gasteiger partial charge in [-0.25, -0.2) is 8.42 Å². The van der Waals surface area contributed by atoms with E-state index in [1.165, 1.54) is 10.4 Å². The Morgan fingerprint density at radius 2 is 1.77 bits per heavy atom. The summed E-state index contributed by atoms with van der Waals surface area (Å²) in [6.45, 7) is 1.68. The third kappa shape index (κ3) is 3.92. The van der Waals surface area contributed by atoms with Crippen molar-refractivity contribution in [2.45, 2.75) is 36.6 Å². The minimum atomic E-state index is -3.57. The molecule has 1 aromatic carbocycles. The van der Waals surface area contributed by atoms with Gasteiger partial charge in [0.05, 0.1) is 20.3 Å². The van der Waals surface area contributed by atoms with Gasteiger partial charge in [-0.1, -0.05) is 0 Å². The Morgan fingerprint density at radius 3 is 2.45 bits per heavy atom. The summed E-state index contributed by atoms with van der Waals surface area (Å²) in [6, 6.07) is 6.99. The number of nitrogens with zero attached hydrogens (tertiary/aromatic N) is 3. The van der Waals surface area contributed by atoms with Crippen LogP contribution in [0.25, 0.3) is 0 Å². The van der Waals surface area contributed by atoms with E-state index in [4.69, 9.17) is 9.47 Å². The number of methoxy groups -OCH3 is 2. The Kier molecular flexibility index (Phi) is 5.98. The predicted molar refractivity (Wildman–Crippen MR) is 116 cm³/mol. The Labute approximate surface area is 183 Å². The van der Waals surface area contributed by atoms with E-state index in [1.807, 2.05) is 23.1 Å². The lowest BCUT2D eigenvalue weighted by Crippen LogP contribution is -2.32. The highest BCUT2D eigenvalue weighted by atomic mass is 32.2. The maximum Gasteiger partial charge on any atom is 0.271 e. The first-order valence-electron chi connectivity index (χ1n) is 10.6. The molecule has 0 radical (unpaired) electrons. The van der Waals surface area contributed by atoms with Crippen molar-refractivity contribution in [3.63, 3.8) is 0 Å². The van der Waals surface area contributed by atoms with Crippen LogP contribution < -0.4 is 9.47 Å². The van der Waals surface area contributed by atoms with Gasteiger partial charge in [-0.05, 0) is 43.9 Å². The van der Waals surface area contributed by atoms with Crippen LogP contribution >= 0.6 is 0 Å². The van der Waals surface area contributed by atoms with Crippen molar-refractivity contribution in [1.29, 1.82) is 0 Å². The van der Waals surface area contributed by atoms with Crippen molar-refractivity contribution >= 4 is 15.9 Å². The Hall–Kier alpha value is -2.52. The van der Waals surface area contributed by atoms with Crippen LogP contribution in [0, 0.1) is 0 Å². The number of hydrogen-bond acceptors (Lipinski definition) is 5. The van der Waals surface area contributed by atoms with Crippen molar-refractivity contribution in [3.8, 4) is 11.5 Å². The zero-order chi connectivity index (χ0) is 22.2. The number of amides is 1. The first kappa shape index (κ1) is 21.7. The van der Waals surface area contributed by atoms with Gasteiger partial charge in [0.15, 0.2) is 0 Å². The molecule has 4 rings (SSSR count). The molecule has 0 saturated carbocycles. The number of aryl methyl sites for hydroxylation is 1. The molecule has 0 N–H and O–H groups in total. The highest BCUT2D eigenvalue weighted by Gasteiger charge is 2.35. The third-order valence-electron chi connectivity index (χ3n) is 6.22. The maximum absolute atomic E-state index is 13.5. The number of benzene rings is 1.